The van der Waals surface area contributed by atoms with Gasteiger partial charge in [0.25, 0.3) is 0 Å². The maximum absolute atomic E-state index is 12.4. The molecule has 6 nitrogen and oxygen atoms in total. The highest BCUT2D eigenvalue weighted by molar-refractivity contribution is 6.01. The second-order valence-electron chi connectivity index (χ2n) is 5.58. The van der Waals surface area contributed by atoms with Crippen LogP contribution in [0.1, 0.15) is 25.0 Å². The molecule has 22 heavy (non-hydrogen) atoms. The standard InChI is InChI=1S/C16H22N2O4/c1-5-21-14(19)16(15(20)22-6-2)8-11-7-13(18(3)4)17-10-12(11)9-16/h7,10H,5-6,8-9H2,1-4H3. The highest BCUT2D eigenvalue weighted by Gasteiger charge is 2.53. The minimum atomic E-state index is -1.28. The summed E-state index contributed by atoms with van der Waals surface area (Å²) in [6, 6.07) is 1.91. The van der Waals surface area contributed by atoms with E-state index in [-0.39, 0.29) is 19.6 Å². The summed E-state index contributed by atoms with van der Waals surface area (Å²) in [5.74, 6) is -0.241. The molecular weight excluding hydrogens is 284 g/mol. The third kappa shape index (κ3) is 2.77. The number of rotatable bonds is 5. The zero-order chi connectivity index (χ0) is 16.3. The first-order valence-electron chi connectivity index (χ1n) is 7.44. The van der Waals surface area contributed by atoms with Gasteiger partial charge in [-0.1, -0.05) is 0 Å². The lowest BCUT2D eigenvalue weighted by Crippen LogP contribution is -2.43. The second kappa shape index (κ2) is 6.34. The Morgan fingerprint density at radius 3 is 2.18 bits per heavy atom. The average molecular weight is 306 g/mol. The smallest absolute Gasteiger partial charge is 0.324 e. The SMILES string of the molecule is CCOC(=O)C1(C(=O)OCC)Cc2cnc(N(C)C)cc2C1. The van der Waals surface area contributed by atoms with Crippen molar-refractivity contribution in [3.63, 3.8) is 0 Å². The van der Waals surface area contributed by atoms with Crippen LogP contribution in [0.2, 0.25) is 0 Å². The Hall–Kier alpha value is -2.11. The monoisotopic (exact) mass is 306 g/mol. The van der Waals surface area contributed by atoms with Crippen molar-refractivity contribution in [3.05, 3.63) is 23.4 Å². The fraction of sp³-hybridized carbons (Fsp3) is 0.562. The van der Waals surface area contributed by atoms with Crippen molar-refractivity contribution in [2.45, 2.75) is 26.7 Å². The first-order valence-corrected chi connectivity index (χ1v) is 7.44. The van der Waals surface area contributed by atoms with Gasteiger partial charge in [0.05, 0.1) is 13.2 Å². The molecule has 0 radical (unpaired) electrons. The minimum Gasteiger partial charge on any atom is -0.465 e. The Morgan fingerprint density at radius 2 is 1.68 bits per heavy atom. The summed E-state index contributed by atoms with van der Waals surface area (Å²) in [4.78, 5) is 31.1. The summed E-state index contributed by atoms with van der Waals surface area (Å²) in [6.45, 7) is 3.92. The number of pyridine rings is 1. The van der Waals surface area contributed by atoms with Crippen molar-refractivity contribution in [2.75, 3.05) is 32.2 Å². The molecule has 1 aliphatic carbocycles. The molecule has 0 spiro atoms. The summed E-state index contributed by atoms with van der Waals surface area (Å²) >= 11 is 0. The lowest BCUT2D eigenvalue weighted by molar-refractivity contribution is -0.171. The number of nitrogens with zero attached hydrogens (tertiary/aromatic N) is 2. The molecule has 1 aromatic heterocycles. The van der Waals surface area contributed by atoms with Crippen molar-refractivity contribution >= 4 is 17.8 Å². The molecule has 0 fully saturated rings. The molecule has 0 atom stereocenters. The summed E-state index contributed by atoms with van der Waals surface area (Å²) in [7, 11) is 3.79. The maximum atomic E-state index is 12.4. The van der Waals surface area contributed by atoms with Gasteiger partial charge in [-0.25, -0.2) is 4.98 Å². The summed E-state index contributed by atoms with van der Waals surface area (Å²) in [6.07, 6.45) is 2.30. The topological polar surface area (TPSA) is 68.7 Å². The zero-order valence-electron chi connectivity index (χ0n) is 13.5. The largest absolute Gasteiger partial charge is 0.465 e. The van der Waals surface area contributed by atoms with Crippen LogP contribution >= 0.6 is 0 Å². The van der Waals surface area contributed by atoms with Crippen molar-refractivity contribution < 1.29 is 19.1 Å². The minimum absolute atomic E-state index is 0.234. The predicted octanol–water partition coefficient (Wildman–Crippen LogP) is 1.36. The number of fused-ring (bicyclic) bond motifs is 1. The fourth-order valence-electron chi connectivity index (χ4n) is 2.70. The van der Waals surface area contributed by atoms with E-state index in [1.807, 2.05) is 25.1 Å². The molecule has 0 unspecified atom stereocenters. The van der Waals surface area contributed by atoms with Crippen LogP contribution in [0, 0.1) is 5.41 Å². The number of anilines is 1. The Bertz CT molecular complexity index is 566. The summed E-state index contributed by atoms with van der Waals surface area (Å²) < 4.78 is 10.3. The second-order valence-corrected chi connectivity index (χ2v) is 5.58. The Labute approximate surface area is 130 Å². The third-order valence-corrected chi connectivity index (χ3v) is 3.84. The number of hydrogen-bond acceptors (Lipinski definition) is 6. The molecule has 2 rings (SSSR count). The molecule has 0 N–H and O–H groups in total. The van der Waals surface area contributed by atoms with Gasteiger partial charge in [0.2, 0.25) is 0 Å². The van der Waals surface area contributed by atoms with E-state index in [0.29, 0.717) is 6.42 Å². The van der Waals surface area contributed by atoms with Gasteiger partial charge in [0.15, 0.2) is 5.41 Å². The molecule has 0 aliphatic heterocycles. The van der Waals surface area contributed by atoms with Crippen LogP contribution in [0.5, 0.6) is 0 Å². The van der Waals surface area contributed by atoms with E-state index in [1.54, 1.807) is 20.0 Å². The number of carbonyl (C=O) groups is 2. The van der Waals surface area contributed by atoms with Crippen LogP contribution < -0.4 is 4.90 Å². The van der Waals surface area contributed by atoms with E-state index in [1.165, 1.54) is 0 Å². The van der Waals surface area contributed by atoms with Gasteiger partial charge in [-0.3, -0.25) is 9.59 Å². The predicted molar refractivity (Wildman–Crippen MR) is 81.7 cm³/mol. The van der Waals surface area contributed by atoms with E-state index in [2.05, 4.69) is 4.98 Å². The molecule has 0 saturated carbocycles. The van der Waals surface area contributed by atoms with Gasteiger partial charge in [-0.15, -0.1) is 0 Å². The lowest BCUT2D eigenvalue weighted by atomic mass is 9.85. The third-order valence-electron chi connectivity index (χ3n) is 3.84. The van der Waals surface area contributed by atoms with Crippen molar-refractivity contribution in [3.8, 4) is 0 Å². The van der Waals surface area contributed by atoms with Gasteiger partial charge in [0, 0.05) is 26.7 Å². The summed E-state index contributed by atoms with van der Waals surface area (Å²) in [5, 5.41) is 0. The van der Waals surface area contributed by atoms with E-state index >= 15 is 0 Å². The number of hydrogen-bond donors (Lipinski definition) is 0. The molecule has 0 bridgehead atoms. The number of ether oxygens (including phenoxy) is 2. The molecule has 1 aliphatic rings. The van der Waals surface area contributed by atoms with Gasteiger partial charge < -0.3 is 14.4 Å². The van der Waals surface area contributed by atoms with Crippen molar-refractivity contribution in [2.24, 2.45) is 5.41 Å². The van der Waals surface area contributed by atoms with Crippen LogP contribution in [0.25, 0.3) is 0 Å². The highest BCUT2D eigenvalue weighted by atomic mass is 16.6. The maximum Gasteiger partial charge on any atom is 0.324 e. The Kier molecular flexibility index (Phi) is 4.68. The van der Waals surface area contributed by atoms with Gasteiger partial charge >= 0.3 is 11.9 Å². The molecular formula is C16H22N2O4. The van der Waals surface area contributed by atoms with Gasteiger partial charge in [-0.05, 0) is 37.5 Å². The van der Waals surface area contributed by atoms with E-state index in [9.17, 15) is 9.59 Å². The first kappa shape index (κ1) is 16.3. The van der Waals surface area contributed by atoms with Crippen molar-refractivity contribution in [1.29, 1.82) is 0 Å². The van der Waals surface area contributed by atoms with E-state index in [0.717, 1.165) is 16.9 Å². The van der Waals surface area contributed by atoms with Crippen LogP contribution in [-0.2, 0) is 31.9 Å². The molecule has 0 saturated heterocycles. The molecule has 0 amide bonds. The molecule has 1 heterocycles. The Morgan fingerprint density at radius 1 is 1.14 bits per heavy atom. The van der Waals surface area contributed by atoms with Crippen LogP contribution in [-0.4, -0.2) is 44.2 Å². The summed E-state index contributed by atoms with van der Waals surface area (Å²) in [5.41, 5.74) is 0.563. The quantitative estimate of drug-likeness (QED) is 0.604. The Balaban J connectivity index is 2.37. The number of carbonyl (C=O) groups excluding carboxylic acids is 2. The van der Waals surface area contributed by atoms with Crippen LogP contribution in [0.15, 0.2) is 12.3 Å². The number of aromatic nitrogens is 1. The highest BCUT2D eigenvalue weighted by Crippen LogP contribution is 2.40. The molecule has 120 valence electrons. The van der Waals surface area contributed by atoms with Gasteiger partial charge in [-0.2, -0.15) is 0 Å². The van der Waals surface area contributed by atoms with Crippen LogP contribution in [0.3, 0.4) is 0 Å². The average Bonchev–Trinajstić information content (AvgIpc) is 2.87. The van der Waals surface area contributed by atoms with Crippen molar-refractivity contribution in [1.82, 2.24) is 4.98 Å². The zero-order valence-corrected chi connectivity index (χ0v) is 13.5. The van der Waals surface area contributed by atoms with E-state index < -0.39 is 17.4 Å². The molecule has 0 aromatic carbocycles. The van der Waals surface area contributed by atoms with Gasteiger partial charge in [0.1, 0.15) is 5.82 Å². The first-order chi connectivity index (χ1) is 10.4. The molecule has 6 heteroatoms. The lowest BCUT2D eigenvalue weighted by Gasteiger charge is -2.23. The fourth-order valence-corrected chi connectivity index (χ4v) is 2.70. The number of esters is 2. The molecule has 1 aromatic rings. The normalized spacial score (nSPS) is 15.1. The van der Waals surface area contributed by atoms with Crippen LogP contribution in [0.4, 0.5) is 5.82 Å². The van der Waals surface area contributed by atoms with E-state index in [4.69, 9.17) is 9.47 Å².